The lowest BCUT2D eigenvalue weighted by molar-refractivity contribution is -0.192. The Kier molecular flexibility index (Phi) is 10.3. The van der Waals surface area contributed by atoms with E-state index in [-0.39, 0.29) is 5.82 Å². The highest BCUT2D eigenvalue weighted by Gasteiger charge is 2.38. The van der Waals surface area contributed by atoms with Gasteiger partial charge < -0.3 is 14.8 Å². The van der Waals surface area contributed by atoms with E-state index >= 15 is 0 Å². The number of aliphatic carboxylic acids is 1. The van der Waals surface area contributed by atoms with Crippen LogP contribution in [-0.4, -0.2) is 107 Å². The van der Waals surface area contributed by atoms with Crippen molar-refractivity contribution in [1.82, 2.24) is 24.7 Å². The molecule has 0 radical (unpaired) electrons. The molecule has 0 amide bonds. The molecular weight excluding hydrogens is 578 g/mol. The minimum atomic E-state index is -5.08. The molecule has 2 fully saturated rings. The van der Waals surface area contributed by atoms with E-state index in [9.17, 15) is 17.6 Å². The maximum Gasteiger partial charge on any atom is 0.490 e. The van der Waals surface area contributed by atoms with Gasteiger partial charge in [-0.25, -0.2) is 14.2 Å². The third-order valence-electron chi connectivity index (χ3n) is 7.81. The Morgan fingerprint density at radius 1 is 0.818 bits per heavy atom. The average Bonchev–Trinajstić information content (AvgIpc) is 3.45. The van der Waals surface area contributed by atoms with Crippen molar-refractivity contribution < 1.29 is 32.2 Å². The molecule has 3 aromatic carbocycles. The Bertz CT molecular complexity index is 1530. The van der Waals surface area contributed by atoms with Crippen LogP contribution in [-0.2, 0) is 16.1 Å². The van der Waals surface area contributed by atoms with Crippen LogP contribution in [0.2, 0.25) is 0 Å². The molecule has 12 heteroatoms. The number of morpholine rings is 1. The molecule has 2 saturated heterocycles. The third kappa shape index (κ3) is 8.63. The van der Waals surface area contributed by atoms with Crippen molar-refractivity contribution in [3.63, 3.8) is 0 Å². The number of carboxylic acid groups (broad SMARTS) is 1. The van der Waals surface area contributed by atoms with Gasteiger partial charge in [0.15, 0.2) is 0 Å². The first-order valence-electron chi connectivity index (χ1n) is 14.5. The maximum absolute atomic E-state index is 13.5. The number of benzene rings is 3. The maximum atomic E-state index is 13.5. The number of halogens is 4. The van der Waals surface area contributed by atoms with Crippen LogP contribution in [0, 0.1) is 5.82 Å². The predicted octanol–water partition coefficient (Wildman–Crippen LogP) is 5.12. The second-order valence-corrected chi connectivity index (χ2v) is 10.9. The summed E-state index contributed by atoms with van der Waals surface area (Å²) >= 11 is 0. The third-order valence-corrected chi connectivity index (χ3v) is 7.81. The molecule has 0 bridgehead atoms. The quantitative estimate of drug-likeness (QED) is 0.280. The Balaban J connectivity index is 0.000000493. The molecule has 6 rings (SSSR count). The average molecular weight is 614 g/mol. The number of carboxylic acids is 1. The number of hydrogen-bond donors (Lipinski definition) is 2. The monoisotopic (exact) mass is 613 g/mol. The van der Waals surface area contributed by atoms with Crippen LogP contribution in [0.15, 0.2) is 66.7 Å². The lowest BCUT2D eigenvalue weighted by Gasteiger charge is -2.36. The van der Waals surface area contributed by atoms with E-state index in [1.807, 2.05) is 0 Å². The van der Waals surface area contributed by atoms with Gasteiger partial charge in [0.05, 0.1) is 24.2 Å². The van der Waals surface area contributed by atoms with E-state index in [2.05, 4.69) is 73.2 Å². The normalized spacial score (nSPS) is 16.9. The number of alkyl halides is 3. The molecule has 0 aliphatic carbocycles. The lowest BCUT2D eigenvalue weighted by Crippen LogP contribution is -2.49. The highest BCUT2D eigenvalue weighted by atomic mass is 19.4. The van der Waals surface area contributed by atoms with Crippen LogP contribution in [0.1, 0.15) is 5.56 Å². The van der Waals surface area contributed by atoms with E-state index in [1.165, 1.54) is 28.8 Å². The summed E-state index contributed by atoms with van der Waals surface area (Å²) in [5, 5.41) is 7.12. The minimum Gasteiger partial charge on any atom is -0.475 e. The number of rotatable bonds is 7. The molecule has 3 heterocycles. The van der Waals surface area contributed by atoms with Gasteiger partial charge in [-0.15, -0.1) is 0 Å². The zero-order valence-electron chi connectivity index (χ0n) is 24.2. The molecule has 2 N–H and O–H groups in total. The summed E-state index contributed by atoms with van der Waals surface area (Å²) in [5.74, 6) is -2.26. The van der Waals surface area contributed by atoms with Crippen LogP contribution in [0.3, 0.4) is 0 Å². The largest absolute Gasteiger partial charge is 0.490 e. The number of fused-ring (bicyclic) bond motifs is 1. The SMILES string of the molecule is Fc1ccc2nc(-c3ccc(-c4cccc(CN5CCN(CCN6CCOCC6)CC5)c4)cc3)[nH]c2c1.O=C(O)C(F)(F)F. The molecule has 2 aliphatic rings. The van der Waals surface area contributed by atoms with E-state index in [1.54, 1.807) is 6.07 Å². The molecule has 8 nitrogen and oxygen atoms in total. The summed E-state index contributed by atoms with van der Waals surface area (Å²) in [6.45, 7) is 11.7. The number of ether oxygens (including phenoxy) is 1. The summed E-state index contributed by atoms with van der Waals surface area (Å²) in [4.78, 5) is 24.4. The highest BCUT2D eigenvalue weighted by Crippen LogP contribution is 2.26. The topological polar surface area (TPSA) is 84.9 Å². The predicted molar refractivity (Wildman–Crippen MR) is 160 cm³/mol. The first kappa shape index (κ1) is 31.6. The summed E-state index contributed by atoms with van der Waals surface area (Å²) in [7, 11) is 0. The second kappa shape index (κ2) is 14.3. The van der Waals surface area contributed by atoms with Crippen LogP contribution in [0.4, 0.5) is 17.6 Å². The van der Waals surface area contributed by atoms with E-state index in [0.29, 0.717) is 5.52 Å². The number of imidazole rings is 1. The van der Waals surface area contributed by atoms with Crippen molar-refractivity contribution in [2.24, 2.45) is 0 Å². The van der Waals surface area contributed by atoms with E-state index in [4.69, 9.17) is 14.6 Å². The van der Waals surface area contributed by atoms with Crippen LogP contribution < -0.4 is 0 Å². The first-order chi connectivity index (χ1) is 21.1. The number of aromatic nitrogens is 2. The number of carbonyl (C=O) groups is 1. The van der Waals surface area contributed by atoms with Crippen molar-refractivity contribution in [1.29, 1.82) is 0 Å². The molecule has 2 aliphatic heterocycles. The van der Waals surface area contributed by atoms with E-state index in [0.717, 1.165) is 89.0 Å². The van der Waals surface area contributed by atoms with Crippen LogP contribution >= 0.6 is 0 Å². The number of piperazine rings is 1. The molecule has 0 atom stereocenters. The first-order valence-corrected chi connectivity index (χ1v) is 14.5. The van der Waals surface area contributed by atoms with Crippen molar-refractivity contribution in [2.45, 2.75) is 12.7 Å². The fourth-order valence-corrected chi connectivity index (χ4v) is 5.33. The molecular formula is C32H35F4N5O3. The van der Waals surface area contributed by atoms with Crippen LogP contribution in [0.5, 0.6) is 0 Å². The lowest BCUT2D eigenvalue weighted by atomic mass is 10.0. The number of H-pyrrole nitrogens is 1. The number of aromatic amines is 1. The van der Waals surface area contributed by atoms with Gasteiger partial charge in [0.2, 0.25) is 0 Å². The zero-order valence-corrected chi connectivity index (χ0v) is 24.2. The minimum absolute atomic E-state index is 0.261. The highest BCUT2D eigenvalue weighted by molar-refractivity contribution is 5.80. The van der Waals surface area contributed by atoms with Crippen molar-refractivity contribution >= 4 is 17.0 Å². The zero-order chi connectivity index (χ0) is 31.1. The molecule has 4 aromatic rings. The number of hydrogen-bond acceptors (Lipinski definition) is 6. The van der Waals surface area contributed by atoms with Crippen LogP contribution in [0.25, 0.3) is 33.5 Å². The smallest absolute Gasteiger partial charge is 0.475 e. The van der Waals surface area contributed by atoms with Gasteiger partial charge in [0, 0.05) is 64.5 Å². The molecule has 0 spiro atoms. The van der Waals surface area contributed by atoms with Gasteiger partial charge in [0.25, 0.3) is 0 Å². The summed E-state index contributed by atoms with van der Waals surface area (Å²) < 4.78 is 50.7. The molecule has 44 heavy (non-hydrogen) atoms. The van der Waals surface area contributed by atoms with Crippen molar-refractivity contribution in [2.75, 3.05) is 65.6 Å². The molecule has 0 unspecified atom stereocenters. The Morgan fingerprint density at radius 2 is 1.43 bits per heavy atom. The van der Waals surface area contributed by atoms with E-state index < -0.39 is 12.1 Å². The second-order valence-electron chi connectivity index (χ2n) is 10.9. The van der Waals surface area contributed by atoms with Gasteiger partial charge in [-0.2, -0.15) is 13.2 Å². The van der Waals surface area contributed by atoms with Gasteiger partial charge in [-0.1, -0.05) is 42.5 Å². The fourth-order valence-electron chi connectivity index (χ4n) is 5.33. The van der Waals surface area contributed by atoms with Gasteiger partial charge >= 0.3 is 12.1 Å². The number of nitrogens with zero attached hydrogens (tertiary/aromatic N) is 4. The Morgan fingerprint density at radius 3 is 2.09 bits per heavy atom. The Labute approximate surface area is 252 Å². The van der Waals surface area contributed by atoms with Gasteiger partial charge in [-0.05, 0) is 41.0 Å². The summed E-state index contributed by atoms with van der Waals surface area (Å²) in [5.41, 5.74) is 6.22. The number of nitrogens with one attached hydrogen (secondary N) is 1. The van der Waals surface area contributed by atoms with Gasteiger partial charge in [-0.3, -0.25) is 14.7 Å². The van der Waals surface area contributed by atoms with Crippen molar-refractivity contribution in [3.05, 3.63) is 78.1 Å². The van der Waals surface area contributed by atoms with Crippen molar-refractivity contribution in [3.8, 4) is 22.5 Å². The summed E-state index contributed by atoms with van der Waals surface area (Å²) in [6, 6.07) is 21.9. The Hall–Kier alpha value is -3.84. The molecule has 0 saturated carbocycles. The summed E-state index contributed by atoms with van der Waals surface area (Å²) in [6.07, 6.45) is -5.08. The van der Waals surface area contributed by atoms with Gasteiger partial charge in [0.1, 0.15) is 11.6 Å². The fraction of sp³-hybridized carbons (Fsp3) is 0.375. The standard InChI is InChI=1S/C30H34FN5O.C2HF3O2/c31-27-8-9-28-29(21-27)33-30(32-28)25-6-4-24(5-7-25)26-3-1-2-23(20-26)22-36-14-12-34(13-15-36)10-11-35-16-18-37-19-17-35;3-2(4,5)1(6)7/h1-9,20-21H,10-19,22H2,(H,32,33);(H,6,7). The molecule has 234 valence electrons. The molecule has 1 aromatic heterocycles.